The molecule has 0 aliphatic carbocycles. The molecule has 1 aromatic carbocycles. The summed E-state index contributed by atoms with van der Waals surface area (Å²) in [6.45, 7) is 2.67. The SMILES string of the molecule is CC(CN1CC(S(N)(=O)=O)CC1=O)N(C)c1ccccc1. The minimum absolute atomic E-state index is 0.0133. The average molecular weight is 311 g/mol. The Hall–Kier alpha value is -1.60. The first-order valence-corrected chi connectivity index (χ1v) is 8.47. The van der Waals surface area contributed by atoms with Crippen molar-refractivity contribution in [1.82, 2.24) is 4.90 Å². The third kappa shape index (κ3) is 3.74. The molecule has 1 heterocycles. The molecule has 1 aliphatic rings. The molecule has 1 fully saturated rings. The predicted octanol–water partition coefficient (Wildman–Crippen LogP) is 0.401. The van der Waals surface area contributed by atoms with E-state index in [4.69, 9.17) is 5.14 Å². The number of nitrogens with zero attached hydrogens (tertiary/aromatic N) is 2. The zero-order valence-corrected chi connectivity index (χ0v) is 13.1. The van der Waals surface area contributed by atoms with Gasteiger partial charge in [0, 0.05) is 38.3 Å². The van der Waals surface area contributed by atoms with Gasteiger partial charge in [-0.2, -0.15) is 0 Å². The van der Waals surface area contributed by atoms with Gasteiger partial charge in [-0.25, -0.2) is 13.6 Å². The van der Waals surface area contributed by atoms with Crippen LogP contribution in [0.1, 0.15) is 13.3 Å². The van der Waals surface area contributed by atoms with E-state index in [2.05, 4.69) is 4.90 Å². The van der Waals surface area contributed by atoms with Gasteiger partial charge in [-0.1, -0.05) is 18.2 Å². The summed E-state index contributed by atoms with van der Waals surface area (Å²) >= 11 is 0. The van der Waals surface area contributed by atoms with Gasteiger partial charge in [0.25, 0.3) is 0 Å². The summed E-state index contributed by atoms with van der Waals surface area (Å²) in [5, 5.41) is 4.35. The highest BCUT2D eigenvalue weighted by atomic mass is 32.2. The highest BCUT2D eigenvalue weighted by molar-refractivity contribution is 7.89. The number of hydrogen-bond acceptors (Lipinski definition) is 4. The monoisotopic (exact) mass is 311 g/mol. The van der Waals surface area contributed by atoms with Gasteiger partial charge in [-0.3, -0.25) is 4.79 Å². The molecule has 0 saturated carbocycles. The number of amides is 1. The van der Waals surface area contributed by atoms with Gasteiger partial charge in [0.1, 0.15) is 5.25 Å². The fraction of sp³-hybridized carbons (Fsp3) is 0.500. The normalized spacial score (nSPS) is 20.6. The van der Waals surface area contributed by atoms with Crippen LogP contribution >= 0.6 is 0 Å². The van der Waals surface area contributed by atoms with E-state index in [-0.39, 0.29) is 24.9 Å². The summed E-state index contributed by atoms with van der Waals surface area (Å²) in [6.07, 6.45) is -0.0133. The molecule has 1 saturated heterocycles. The van der Waals surface area contributed by atoms with Crippen molar-refractivity contribution in [3.63, 3.8) is 0 Å². The second-order valence-electron chi connectivity index (χ2n) is 5.51. The molecule has 1 amide bonds. The number of nitrogens with two attached hydrogens (primary N) is 1. The Labute approximate surface area is 125 Å². The lowest BCUT2D eigenvalue weighted by Crippen LogP contribution is -2.42. The lowest BCUT2D eigenvalue weighted by molar-refractivity contribution is -0.127. The average Bonchev–Trinajstić information content (AvgIpc) is 2.80. The summed E-state index contributed by atoms with van der Waals surface area (Å²) in [6, 6.07) is 9.93. The van der Waals surface area contributed by atoms with Crippen molar-refractivity contribution >= 4 is 21.6 Å². The Bertz CT molecular complexity index is 603. The van der Waals surface area contributed by atoms with Crippen LogP contribution in [0.5, 0.6) is 0 Å². The Morgan fingerprint density at radius 2 is 2.00 bits per heavy atom. The number of primary sulfonamides is 1. The molecular formula is C14H21N3O3S. The van der Waals surface area contributed by atoms with E-state index in [0.717, 1.165) is 5.69 Å². The van der Waals surface area contributed by atoms with E-state index in [1.807, 2.05) is 44.3 Å². The molecule has 2 N–H and O–H groups in total. The number of sulfonamides is 1. The van der Waals surface area contributed by atoms with E-state index in [1.54, 1.807) is 4.90 Å². The van der Waals surface area contributed by atoms with E-state index < -0.39 is 15.3 Å². The van der Waals surface area contributed by atoms with Gasteiger partial charge < -0.3 is 9.80 Å². The quantitative estimate of drug-likeness (QED) is 0.853. The van der Waals surface area contributed by atoms with Gasteiger partial charge in [-0.05, 0) is 19.1 Å². The van der Waals surface area contributed by atoms with E-state index in [0.29, 0.717) is 6.54 Å². The van der Waals surface area contributed by atoms with Crippen molar-refractivity contribution in [2.24, 2.45) is 5.14 Å². The molecule has 2 rings (SSSR count). The molecular weight excluding hydrogens is 290 g/mol. The number of anilines is 1. The van der Waals surface area contributed by atoms with Gasteiger partial charge in [-0.15, -0.1) is 0 Å². The van der Waals surface area contributed by atoms with Gasteiger partial charge in [0.2, 0.25) is 15.9 Å². The standard InChI is InChI=1S/C14H21N3O3S/c1-11(16(2)12-6-4-3-5-7-12)9-17-10-13(8-14(17)18)21(15,19)20/h3-7,11,13H,8-10H2,1-2H3,(H2,15,19,20). The summed E-state index contributed by atoms with van der Waals surface area (Å²) < 4.78 is 22.7. The molecule has 1 aromatic rings. The first-order valence-electron chi connectivity index (χ1n) is 6.86. The second-order valence-corrected chi connectivity index (χ2v) is 7.35. The maximum Gasteiger partial charge on any atom is 0.224 e. The molecule has 2 atom stereocenters. The lowest BCUT2D eigenvalue weighted by Gasteiger charge is -2.30. The smallest absolute Gasteiger partial charge is 0.224 e. The lowest BCUT2D eigenvalue weighted by atomic mass is 10.2. The fourth-order valence-corrected chi connectivity index (χ4v) is 3.25. The highest BCUT2D eigenvalue weighted by Crippen LogP contribution is 2.19. The maximum absolute atomic E-state index is 11.9. The fourth-order valence-electron chi connectivity index (χ4n) is 2.49. The molecule has 116 valence electrons. The molecule has 0 spiro atoms. The van der Waals surface area contributed by atoms with Crippen LogP contribution in [0.15, 0.2) is 30.3 Å². The van der Waals surface area contributed by atoms with Crippen molar-refractivity contribution in [3.05, 3.63) is 30.3 Å². The predicted molar refractivity (Wildman–Crippen MR) is 82.4 cm³/mol. The van der Waals surface area contributed by atoms with Crippen LogP contribution < -0.4 is 10.0 Å². The number of carbonyl (C=O) groups is 1. The number of benzene rings is 1. The van der Waals surface area contributed by atoms with Gasteiger partial charge in [0.15, 0.2) is 0 Å². The number of para-hydroxylation sites is 1. The van der Waals surface area contributed by atoms with Crippen LogP contribution in [0.25, 0.3) is 0 Å². The van der Waals surface area contributed by atoms with Crippen molar-refractivity contribution in [3.8, 4) is 0 Å². The molecule has 21 heavy (non-hydrogen) atoms. The van der Waals surface area contributed by atoms with Crippen LogP contribution in [0, 0.1) is 0 Å². The van der Waals surface area contributed by atoms with Crippen LogP contribution in [0.2, 0.25) is 0 Å². The molecule has 7 heteroatoms. The van der Waals surface area contributed by atoms with E-state index in [9.17, 15) is 13.2 Å². The van der Waals surface area contributed by atoms with E-state index >= 15 is 0 Å². The van der Waals surface area contributed by atoms with E-state index in [1.165, 1.54) is 0 Å². The third-order valence-electron chi connectivity index (χ3n) is 3.95. The van der Waals surface area contributed by atoms with Crippen LogP contribution in [0.4, 0.5) is 5.69 Å². The van der Waals surface area contributed by atoms with Crippen molar-refractivity contribution in [2.75, 3.05) is 25.0 Å². The first-order chi connectivity index (χ1) is 9.79. The third-order valence-corrected chi connectivity index (χ3v) is 5.20. The van der Waals surface area contributed by atoms with Gasteiger partial charge >= 0.3 is 0 Å². The number of likely N-dealkylation sites (N-methyl/N-ethyl adjacent to an activating group) is 1. The largest absolute Gasteiger partial charge is 0.370 e. The minimum atomic E-state index is -3.65. The number of rotatable bonds is 5. The Kier molecular flexibility index (Phi) is 4.53. The number of hydrogen-bond donors (Lipinski definition) is 1. The maximum atomic E-state index is 11.9. The second kappa shape index (κ2) is 6.03. The summed E-state index contributed by atoms with van der Waals surface area (Å²) in [4.78, 5) is 15.6. The Balaban J connectivity index is 2.00. The van der Waals surface area contributed by atoms with Crippen molar-refractivity contribution in [1.29, 1.82) is 0 Å². The topological polar surface area (TPSA) is 83.7 Å². The Morgan fingerprint density at radius 3 is 2.52 bits per heavy atom. The number of carbonyl (C=O) groups excluding carboxylic acids is 1. The van der Waals surface area contributed by atoms with Crippen molar-refractivity contribution in [2.45, 2.75) is 24.6 Å². The number of likely N-dealkylation sites (tertiary alicyclic amines) is 1. The first kappa shape index (κ1) is 15.8. The summed E-state index contributed by atoms with van der Waals surface area (Å²) in [5.41, 5.74) is 1.06. The Morgan fingerprint density at radius 1 is 1.38 bits per heavy atom. The molecule has 6 nitrogen and oxygen atoms in total. The highest BCUT2D eigenvalue weighted by Gasteiger charge is 2.37. The zero-order valence-electron chi connectivity index (χ0n) is 12.3. The van der Waals surface area contributed by atoms with Crippen LogP contribution in [0.3, 0.4) is 0 Å². The molecule has 0 aromatic heterocycles. The van der Waals surface area contributed by atoms with Gasteiger partial charge in [0.05, 0.1) is 0 Å². The van der Waals surface area contributed by atoms with Crippen LogP contribution in [-0.2, 0) is 14.8 Å². The summed E-state index contributed by atoms with van der Waals surface area (Å²) in [7, 11) is -1.70. The van der Waals surface area contributed by atoms with Crippen LogP contribution in [-0.4, -0.2) is 50.7 Å². The zero-order chi connectivity index (χ0) is 15.6. The molecule has 0 radical (unpaired) electrons. The molecule has 1 aliphatic heterocycles. The minimum Gasteiger partial charge on any atom is -0.370 e. The van der Waals surface area contributed by atoms with Crippen molar-refractivity contribution < 1.29 is 13.2 Å². The molecule has 2 unspecified atom stereocenters. The summed E-state index contributed by atoms with van der Waals surface area (Å²) in [5.74, 6) is -0.151. The molecule has 0 bridgehead atoms.